The predicted molar refractivity (Wildman–Crippen MR) is 146 cm³/mol. The van der Waals surface area contributed by atoms with E-state index in [2.05, 4.69) is 27.7 Å². The van der Waals surface area contributed by atoms with Crippen molar-refractivity contribution in [1.29, 1.82) is 0 Å². The third kappa shape index (κ3) is 6.59. The Morgan fingerprint density at radius 2 is 1.66 bits per heavy atom. The van der Waals surface area contributed by atoms with Crippen molar-refractivity contribution in [3.05, 3.63) is 48.0 Å². The summed E-state index contributed by atoms with van der Waals surface area (Å²) in [6.45, 7) is 3.96. The van der Waals surface area contributed by atoms with Crippen LogP contribution in [0.4, 0.5) is 5.69 Å². The monoisotopic (exact) mass is 521 g/mol. The number of anilines is 1. The van der Waals surface area contributed by atoms with Crippen molar-refractivity contribution < 1.29 is 23.8 Å². The maximum Gasteiger partial charge on any atom is 0.238 e. The Labute approximate surface area is 225 Å². The summed E-state index contributed by atoms with van der Waals surface area (Å²) in [5.74, 6) is 2.37. The first-order valence-electron chi connectivity index (χ1n) is 14.0. The van der Waals surface area contributed by atoms with E-state index in [4.69, 9.17) is 14.2 Å². The second-order valence-corrected chi connectivity index (χ2v) is 10.6. The highest BCUT2D eigenvalue weighted by Crippen LogP contribution is 2.38. The molecule has 0 radical (unpaired) electrons. The number of likely N-dealkylation sites (tertiary alicyclic amines) is 1. The van der Waals surface area contributed by atoms with Gasteiger partial charge < -0.3 is 24.8 Å². The van der Waals surface area contributed by atoms with Gasteiger partial charge in [0.1, 0.15) is 12.4 Å². The molecule has 8 heteroatoms. The number of fused-ring (bicyclic) bond motifs is 2. The van der Waals surface area contributed by atoms with E-state index in [0.29, 0.717) is 50.1 Å². The highest BCUT2D eigenvalue weighted by molar-refractivity contribution is 5.92. The summed E-state index contributed by atoms with van der Waals surface area (Å²) in [7, 11) is 0. The number of ether oxygens (including phenoxy) is 3. The van der Waals surface area contributed by atoms with E-state index < -0.39 is 0 Å². The standard InChI is InChI=1S/C30H39N3O5/c34-28(32-24-10-11-26-27(21-24)37-19-6-18-36-26)22-33-16-13-30(14-17-33)12-5-1-2-7-23-8-3-4-9-25(23)38-20-15-31-29(30)35/h3-4,8-11,21H,1-2,5-7,12-20,22H2,(H,31,35)(H,32,34). The molecule has 3 heterocycles. The molecule has 0 bridgehead atoms. The molecule has 2 aromatic rings. The van der Waals surface area contributed by atoms with Crippen molar-refractivity contribution in [2.24, 2.45) is 5.41 Å². The molecule has 0 saturated carbocycles. The Morgan fingerprint density at radius 1 is 0.868 bits per heavy atom. The molecule has 1 spiro atoms. The van der Waals surface area contributed by atoms with Crippen LogP contribution in [0.1, 0.15) is 50.5 Å². The molecule has 204 valence electrons. The summed E-state index contributed by atoms with van der Waals surface area (Å²) < 4.78 is 17.4. The molecular weight excluding hydrogens is 482 g/mol. The molecule has 3 aliphatic heterocycles. The van der Waals surface area contributed by atoms with Crippen molar-refractivity contribution in [2.45, 2.75) is 51.4 Å². The summed E-state index contributed by atoms with van der Waals surface area (Å²) in [6, 6.07) is 13.7. The van der Waals surface area contributed by atoms with Gasteiger partial charge >= 0.3 is 0 Å². The number of nitrogens with one attached hydrogen (secondary N) is 2. The van der Waals surface area contributed by atoms with Crippen LogP contribution in [0.3, 0.4) is 0 Å². The Kier molecular flexibility index (Phi) is 8.68. The fraction of sp³-hybridized carbons (Fsp3) is 0.533. The number of para-hydroxylation sites is 1. The molecule has 0 aliphatic carbocycles. The average molecular weight is 522 g/mol. The van der Waals surface area contributed by atoms with E-state index in [0.717, 1.165) is 70.2 Å². The van der Waals surface area contributed by atoms with E-state index in [9.17, 15) is 9.59 Å². The zero-order valence-corrected chi connectivity index (χ0v) is 22.1. The first kappa shape index (κ1) is 26.4. The number of rotatable bonds is 3. The zero-order chi connectivity index (χ0) is 26.2. The van der Waals surface area contributed by atoms with Crippen LogP contribution in [0.2, 0.25) is 0 Å². The van der Waals surface area contributed by atoms with Crippen LogP contribution in [0.5, 0.6) is 17.2 Å². The topological polar surface area (TPSA) is 89.1 Å². The second kappa shape index (κ2) is 12.5. The minimum atomic E-state index is -0.373. The zero-order valence-electron chi connectivity index (χ0n) is 22.1. The fourth-order valence-corrected chi connectivity index (χ4v) is 5.69. The summed E-state index contributed by atoms with van der Waals surface area (Å²) in [5, 5.41) is 6.14. The highest BCUT2D eigenvalue weighted by atomic mass is 16.5. The van der Waals surface area contributed by atoms with Crippen LogP contribution in [-0.2, 0) is 16.0 Å². The quantitative estimate of drug-likeness (QED) is 0.630. The number of aryl methyl sites for hydroxylation is 1. The Morgan fingerprint density at radius 3 is 2.53 bits per heavy atom. The van der Waals surface area contributed by atoms with Gasteiger partial charge in [-0.1, -0.05) is 31.0 Å². The smallest absolute Gasteiger partial charge is 0.238 e. The van der Waals surface area contributed by atoms with E-state index >= 15 is 0 Å². The molecule has 1 saturated heterocycles. The Hall–Kier alpha value is -3.26. The van der Waals surface area contributed by atoms with Gasteiger partial charge in [-0.05, 0) is 69.0 Å². The first-order chi connectivity index (χ1) is 18.6. The third-order valence-electron chi connectivity index (χ3n) is 7.91. The lowest BCUT2D eigenvalue weighted by Crippen LogP contribution is -2.50. The van der Waals surface area contributed by atoms with Gasteiger partial charge in [0, 0.05) is 18.2 Å². The average Bonchev–Trinajstić information content (AvgIpc) is 3.16. The molecule has 2 amide bonds. The maximum absolute atomic E-state index is 13.4. The van der Waals surface area contributed by atoms with E-state index in [1.807, 2.05) is 30.3 Å². The third-order valence-corrected chi connectivity index (χ3v) is 7.91. The van der Waals surface area contributed by atoms with Gasteiger partial charge in [-0.2, -0.15) is 0 Å². The maximum atomic E-state index is 13.4. The minimum absolute atomic E-state index is 0.0634. The van der Waals surface area contributed by atoms with Crippen molar-refractivity contribution in [2.75, 3.05) is 51.3 Å². The molecule has 38 heavy (non-hydrogen) atoms. The molecular formula is C30H39N3O5. The van der Waals surface area contributed by atoms with Gasteiger partial charge in [0.25, 0.3) is 0 Å². The normalized spacial score (nSPS) is 20.4. The molecule has 1 fully saturated rings. The van der Waals surface area contributed by atoms with Crippen molar-refractivity contribution in [1.82, 2.24) is 10.2 Å². The second-order valence-electron chi connectivity index (χ2n) is 10.6. The summed E-state index contributed by atoms with van der Waals surface area (Å²) >= 11 is 0. The molecule has 0 atom stereocenters. The van der Waals surface area contributed by atoms with Crippen molar-refractivity contribution in [3.63, 3.8) is 0 Å². The fourth-order valence-electron chi connectivity index (χ4n) is 5.69. The molecule has 0 aromatic heterocycles. The van der Waals surface area contributed by atoms with E-state index in [1.165, 1.54) is 5.56 Å². The lowest BCUT2D eigenvalue weighted by molar-refractivity contribution is -0.135. The van der Waals surface area contributed by atoms with Crippen molar-refractivity contribution in [3.8, 4) is 17.2 Å². The molecule has 2 N–H and O–H groups in total. The van der Waals surface area contributed by atoms with Crippen LogP contribution in [0.15, 0.2) is 42.5 Å². The minimum Gasteiger partial charge on any atom is -0.491 e. The molecule has 8 nitrogen and oxygen atoms in total. The van der Waals surface area contributed by atoms with Gasteiger partial charge in [0.15, 0.2) is 11.5 Å². The highest BCUT2D eigenvalue weighted by Gasteiger charge is 2.40. The van der Waals surface area contributed by atoms with E-state index in [-0.39, 0.29) is 17.2 Å². The number of carbonyl (C=O) groups is 2. The van der Waals surface area contributed by atoms with Gasteiger partial charge in [-0.15, -0.1) is 0 Å². The Bertz CT molecular complexity index is 1110. The molecule has 5 rings (SSSR count). The first-order valence-corrected chi connectivity index (χ1v) is 14.0. The van der Waals surface area contributed by atoms with Gasteiger partial charge in [-0.25, -0.2) is 0 Å². The number of nitrogens with zero attached hydrogens (tertiary/aromatic N) is 1. The number of piperidine rings is 1. The van der Waals surface area contributed by atoms with Crippen LogP contribution in [0, 0.1) is 5.41 Å². The van der Waals surface area contributed by atoms with Crippen LogP contribution in [-0.4, -0.2) is 62.7 Å². The SMILES string of the molecule is O=C(CN1CCC2(CCCCCc3ccccc3OCCNC2=O)CC1)Nc1ccc2c(c1)OCCCO2. The number of hydrogen-bond donors (Lipinski definition) is 2. The van der Waals surface area contributed by atoms with Gasteiger partial charge in [-0.3, -0.25) is 14.5 Å². The lowest BCUT2D eigenvalue weighted by atomic mass is 9.73. The number of carbonyl (C=O) groups excluding carboxylic acids is 2. The summed E-state index contributed by atoms with van der Waals surface area (Å²) in [6.07, 6.45) is 7.45. The molecule has 0 unspecified atom stereocenters. The van der Waals surface area contributed by atoms with E-state index in [1.54, 1.807) is 0 Å². The number of hydrogen-bond acceptors (Lipinski definition) is 6. The molecule has 3 aliphatic rings. The van der Waals surface area contributed by atoms with Gasteiger partial charge in [0.05, 0.1) is 31.7 Å². The lowest BCUT2D eigenvalue weighted by Gasteiger charge is -2.40. The Balaban J connectivity index is 1.14. The predicted octanol–water partition coefficient (Wildman–Crippen LogP) is 4.18. The van der Waals surface area contributed by atoms with Crippen LogP contribution < -0.4 is 24.8 Å². The van der Waals surface area contributed by atoms with Crippen LogP contribution >= 0.6 is 0 Å². The largest absolute Gasteiger partial charge is 0.491 e. The molecule has 2 aromatic carbocycles. The summed E-state index contributed by atoms with van der Waals surface area (Å²) in [5.41, 5.74) is 1.57. The summed E-state index contributed by atoms with van der Waals surface area (Å²) in [4.78, 5) is 28.3. The number of benzene rings is 2. The van der Waals surface area contributed by atoms with Gasteiger partial charge in [0.2, 0.25) is 11.8 Å². The van der Waals surface area contributed by atoms with Crippen LogP contribution in [0.25, 0.3) is 0 Å². The number of amides is 2. The van der Waals surface area contributed by atoms with Crippen molar-refractivity contribution >= 4 is 17.5 Å².